The van der Waals surface area contributed by atoms with Crippen LogP contribution in [0.2, 0.25) is 5.02 Å². The third-order valence-corrected chi connectivity index (χ3v) is 3.64. The molecule has 20 heavy (non-hydrogen) atoms. The molecule has 1 N–H and O–H groups in total. The van der Waals surface area contributed by atoms with Crippen LogP contribution in [0, 0.1) is 0 Å². The highest BCUT2D eigenvalue weighted by atomic mass is 35.5. The third-order valence-electron chi connectivity index (χ3n) is 3.44. The van der Waals surface area contributed by atoms with E-state index < -0.39 is 0 Å². The Morgan fingerprint density at radius 1 is 1.40 bits per heavy atom. The summed E-state index contributed by atoms with van der Waals surface area (Å²) in [5.41, 5.74) is 2.33. The molecule has 0 aromatic carbocycles. The van der Waals surface area contributed by atoms with Crippen molar-refractivity contribution < 1.29 is 0 Å². The standard InChI is InChI=1S/C15H19ClN4/c1-10(2)14-5-11(7-17-13-3-4-13)6-15(19-14)20-9-12(16)8-18-20/h5-6,8-10,13,17H,3-4,7H2,1-2H3. The van der Waals surface area contributed by atoms with Crippen molar-refractivity contribution in [2.45, 2.75) is 45.2 Å². The Kier molecular flexibility index (Phi) is 3.76. The molecule has 3 rings (SSSR count). The maximum absolute atomic E-state index is 5.94. The number of nitrogens with one attached hydrogen (secondary N) is 1. The van der Waals surface area contributed by atoms with Gasteiger partial charge in [-0.1, -0.05) is 25.4 Å². The summed E-state index contributed by atoms with van der Waals surface area (Å²) in [7, 11) is 0. The predicted molar refractivity (Wildman–Crippen MR) is 80.3 cm³/mol. The van der Waals surface area contributed by atoms with E-state index in [0.717, 1.165) is 18.1 Å². The maximum Gasteiger partial charge on any atom is 0.153 e. The second-order valence-corrected chi connectivity index (χ2v) is 6.11. The van der Waals surface area contributed by atoms with Crippen molar-refractivity contribution in [1.29, 1.82) is 0 Å². The van der Waals surface area contributed by atoms with E-state index in [2.05, 4.69) is 41.4 Å². The van der Waals surface area contributed by atoms with Gasteiger partial charge >= 0.3 is 0 Å². The van der Waals surface area contributed by atoms with E-state index in [0.29, 0.717) is 17.0 Å². The fourth-order valence-corrected chi connectivity index (χ4v) is 2.22. The molecule has 1 saturated carbocycles. The first kappa shape index (κ1) is 13.6. The van der Waals surface area contributed by atoms with E-state index in [4.69, 9.17) is 11.6 Å². The molecule has 0 atom stereocenters. The minimum atomic E-state index is 0.389. The fourth-order valence-electron chi connectivity index (χ4n) is 2.09. The molecular formula is C15H19ClN4. The normalized spacial score (nSPS) is 15.0. The summed E-state index contributed by atoms with van der Waals surface area (Å²) < 4.78 is 1.73. The van der Waals surface area contributed by atoms with Gasteiger partial charge in [0.25, 0.3) is 0 Å². The number of hydrogen-bond acceptors (Lipinski definition) is 3. The van der Waals surface area contributed by atoms with Crippen LogP contribution in [0.25, 0.3) is 5.82 Å². The van der Waals surface area contributed by atoms with Crippen molar-refractivity contribution >= 4 is 11.6 Å². The summed E-state index contributed by atoms with van der Waals surface area (Å²) in [4.78, 5) is 4.67. The quantitative estimate of drug-likeness (QED) is 0.919. The van der Waals surface area contributed by atoms with Gasteiger partial charge in [0.1, 0.15) is 0 Å². The SMILES string of the molecule is CC(C)c1cc(CNC2CC2)cc(-n2cc(Cl)cn2)n1. The molecule has 1 aliphatic carbocycles. The minimum absolute atomic E-state index is 0.389. The average Bonchev–Trinajstić information content (AvgIpc) is 3.16. The van der Waals surface area contributed by atoms with Crippen molar-refractivity contribution in [3.05, 3.63) is 40.8 Å². The molecule has 2 heterocycles. The Morgan fingerprint density at radius 2 is 2.20 bits per heavy atom. The number of nitrogens with zero attached hydrogens (tertiary/aromatic N) is 3. The molecular weight excluding hydrogens is 272 g/mol. The van der Waals surface area contributed by atoms with Gasteiger partial charge in [0.05, 0.1) is 17.4 Å². The third kappa shape index (κ3) is 3.19. The zero-order valence-corrected chi connectivity index (χ0v) is 12.6. The van der Waals surface area contributed by atoms with Crippen LogP contribution in [0.1, 0.15) is 43.9 Å². The van der Waals surface area contributed by atoms with E-state index in [9.17, 15) is 0 Å². The van der Waals surface area contributed by atoms with Gasteiger partial charge in [-0.3, -0.25) is 0 Å². The summed E-state index contributed by atoms with van der Waals surface area (Å²) in [6.07, 6.45) is 6.01. The van der Waals surface area contributed by atoms with Gasteiger partial charge < -0.3 is 5.32 Å². The monoisotopic (exact) mass is 290 g/mol. The van der Waals surface area contributed by atoms with E-state index >= 15 is 0 Å². The van der Waals surface area contributed by atoms with Gasteiger partial charge in [0, 0.05) is 18.3 Å². The molecule has 0 aliphatic heterocycles. The van der Waals surface area contributed by atoms with Crippen molar-refractivity contribution in [3.63, 3.8) is 0 Å². The van der Waals surface area contributed by atoms with Gasteiger partial charge in [0.2, 0.25) is 0 Å². The highest BCUT2D eigenvalue weighted by Crippen LogP contribution is 2.21. The Labute approximate surface area is 124 Å². The molecule has 106 valence electrons. The van der Waals surface area contributed by atoms with E-state index in [-0.39, 0.29) is 0 Å². The second kappa shape index (κ2) is 5.54. The number of halogens is 1. The molecule has 0 saturated heterocycles. The van der Waals surface area contributed by atoms with Crippen LogP contribution in [0.3, 0.4) is 0 Å². The van der Waals surface area contributed by atoms with Gasteiger partial charge in [-0.25, -0.2) is 9.67 Å². The number of hydrogen-bond donors (Lipinski definition) is 1. The second-order valence-electron chi connectivity index (χ2n) is 5.67. The smallest absolute Gasteiger partial charge is 0.153 e. The zero-order chi connectivity index (χ0) is 14.1. The average molecular weight is 291 g/mol. The molecule has 2 aromatic rings. The Balaban J connectivity index is 1.90. The molecule has 0 spiro atoms. The van der Waals surface area contributed by atoms with Crippen LogP contribution in [0.4, 0.5) is 0 Å². The van der Waals surface area contributed by atoms with Gasteiger partial charge in [-0.15, -0.1) is 0 Å². The highest BCUT2D eigenvalue weighted by molar-refractivity contribution is 6.30. The summed E-state index contributed by atoms with van der Waals surface area (Å²) in [5, 5.41) is 8.40. The predicted octanol–water partition coefficient (Wildman–Crippen LogP) is 3.30. The topological polar surface area (TPSA) is 42.7 Å². The van der Waals surface area contributed by atoms with Crippen LogP contribution >= 0.6 is 11.6 Å². The van der Waals surface area contributed by atoms with Crippen molar-refractivity contribution in [2.24, 2.45) is 0 Å². The van der Waals surface area contributed by atoms with Gasteiger partial charge in [0.15, 0.2) is 5.82 Å². The lowest BCUT2D eigenvalue weighted by Crippen LogP contribution is -2.16. The van der Waals surface area contributed by atoms with Crippen molar-refractivity contribution in [3.8, 4) is 5.82 Å². The lowest BCUT2D eigenvalue weighted by atomic mass is 10.1. The molecule has 1 aliphatic rings. The fraction of sp³-hybridized carbons (Fsp3) is 0.467. The number of aromatic nitrogens is 3. The van der Waals surface area contributed by atoms with Crippen LogP contribution < -0.4 is 5.32 Å². The first-order valence-corrected chi connectivity index (χ1v) is 7.44. The largest absolute Gasteiger partial charge is 0.310 e. The summed E-state index contributed by atoms with van der Waals surface area (Å²) in [6, 6.07) is 4.95. The van der Waals surface area contributed by atoms with Gasteiger partial charge in [-0.2, -0.15) is 5.10 Å². The van der Waals surface area contributed by atoms with Gasteiger partial charge in [-0.05, 0) is 36.5 Å². The molecule has 5 heteroatoms. The minimum Gasteiger partial charge on any atom is -0.310 e. The lowest BCUT2D eigenvalue weighted by molar-refractivity contribution is 0.681. The van der Waals surface area contributed by atoms with Crippen molar-refractivity contribution in [1.82, 2.24) is 20.1 Å². The molecule has 4 nitrogen and oxygen atoms in total. The Morgan fingerprint density at radius 3 is 2.80 bits per heavy atom. The molecule has 2 aromatic heterocycles. The molecule has 0 amide bonds. The molecule has 0 unspecified atom stereocenters. The van der Waals surface area contributed by atoms with E-state index in [1.165, 1.54) is 18.4 Å². The number of pyridine rings is 1. The first-order chi connectivity index (χ1) is 9.61. The van der Waals surface area contributed by atoms with E-state index in [1.54, 1.807) is 17.1 Å². The molecule has 0 radical (unpaired) electrons. The number of rotatable bonds is 5. The summed E-state index contributed by atoms with van der Waals surface area (Å²) >= 11 is 5.94. The lowest BCUT2D eigenvalue weighted by Gasteiger charge is -2.11. The van der Waals surface area contributed by atoms with Crippen molar-refractivity contribution in [2.75, 3.05) is 0 Å². The highest BCUT2D eigenvalue weighted by Gasteiger charge is 2.20. The van der Waals surface area contributed by atoms with Crippen LogP contribution in [-0.2, 0) is 6.54 Å². The van der Waals surface area contributed by atoms with Crippen LogP contribution in [0.5, 0.6) is 0 Å². The summed E-state index contributed by atoms with van der Waals surface area (Å²) in [6.45, 7) is 5.19. The Hall–Kier alpha value is -1.39. The first-order valence-electron chi connectivity index (χ1n) is 7.06. The zero-order valence-electron chi connectivity index (χ0n) is 11.8. The maximum atomic E-state index is 5.94. The van der Waals surface area contributed by atoms with Crippen LogP contribution in [0.15, 0.2) is 24.5 Å². The Bertz CT molecular complexity index is 602. The summed E-state index contributed by atoms with van der Waals surface area (Å²) in [5.74, 6) is 1.22. The molecule has 1 fully saturated rings. The van der Waals surface area contributed by atoms with E-state index in [1.807, 2.05) is 0 Å². The van der Waals surface area contributed by atoms with Crippen LogP contribution in [-0.4, -0.2) is 20.8 Å². The molecule has 0 bridgehead atoms.